The molecule has 0 saturated carbocycles. The Labute approximate surface area is 104 Å². The highest BCUT2D eigenvalue weighted by atomic mass is 19.4. The second kappa shape index (κ2) is 7.15. The largest absolute Gasteiger partial charge is 0.477 e. The van der Waals surface area contributed by atoms with E-state index in [2.05, 4.69) is 15.3 Å². The van der Waals surface area contributed by atoms with Crippen molar-refractivity contribution < 1.29 is 17.9 Å². The molecule has 0 aliphatic heterocycles. The van der Waals surface area contributed by atoms with Crippen LogP contribution in [0.5, 0.6) is 5.88 Å². The average molecular weight is 263 g/mol. The van der Waals surface area contributed by atoms with Crippen molar-refractivity contribution >= 4 is 0 Å². The number of aromatic nitrogens is 2. The minimum absolute atomic E-state index is 0.0150. The number of hydrogen-bond acceptors (Lipinski definition) is 4. The van der Waals surface area contributed by atoms with Crippen LogP contribution in [-0.4, -0.2) is 29.3 Å². The van der Waals surface area contributed by atoms with Gasteiger partial charge in [0.1, 0.15) is 0 Å². The third-order valence-electron chi connectivity index (χ3n) is 2.07. The van der Waals surface area contributed by atoms with Gasteiger partial charge in [-0.15, -0.1) is 0 Å². The highest BCUT2D eigenvalue weighted by Gasteiger charge is 2.26. The summed E-state index contributed by atoms with van der Waals surface area (Å²) >= 11 is 0. The number of nitrogens with one attached hydrogen (secondary N) is 1. The normalized spacial score (nSPS) is 11.6. The van der Waals surface area contributed by atoms with E-state index in [1.165, 1.54) is 6.20 Å². The van der Waals surface area contributed by atoms with Crippen molar-refractivity contribution in [3.05, 3.63) is 18.1 Å². The Morgan fingerprint density at radius 1 is 1.33 bits per heavy atom. The molecule has 1 aromatic heterocycles. The fraction of sp³-hybridized carbons (Fsp3) is 0.636. The third-order valence-corrected chi connectivity index (χ3v) is 2.07. The molecule has 0 amide bonds. The Bertz CT molecular complexity index is 358. The summed E-state index contributed by atoms with van der Waals surface area (Å²) in [6.45, 7) is 3.31. The smallest absolute Gasteiger partial charge is 0.389 e. The van der Waals surface area contributed by atoms with E-state index >= 15 is 0 Å². The van der Waals surface area contributed by atoms with E-state index in [1.54, 1.807) is 6.20 Å². The fourth-order valence-corrected chi connectivity index (χ4v) is 1.24. The number of nitrogens with zero attached hydrogens (tertiary/aromatic N) is 2. The summed E-state index contributed by atoms with van der Waals surface area (Å²) in [5.74, 6) is 0.257. The molecule has 4 nitrogen and oxygen atoms in total. The van der Waals surface area contributed by atoms with Crippen LogP contribution in [0.3, 0.4) is 0 Å². The van der Waals surface area contributed by atoms with Crippen LogP contribution < -0.4 is 10.1 Å². The van der Waals surface area contributed by atoms with Crippen LogP contribution in [0.15, 0.2) is 12.4 Å². The molecular formula is C11H16F3N3O. The maximum atomic E-state index is 11.9. The first-order valence-corrected chi connectivity index (χ1v) is 5.72. The lowest BCUT2D eigenvalue weighted by molar-refractivity contribution is -0.136. The number of alkyl halides is 3. The summed E-state index contributed by atoms with van der Waals surface area (Å²) < 4.78 is 40.8. The second-order valence-electron chi connectivity index (χ2n) is 3.70. The number of rotatable bonds is 7. The van der Waals surface area contributed by atoms with E-state index in [0.717, 1.165) is 6.54 Å². The van der Waals surface area contributed by atoms with E-state index in [-0.39, 0.29) is 18.9 Å². The second-order valence-corrected chi connectivity index (χ2v) is 3.70. The van der Waals surface area contributed by atoms with Crippen LogP contribution in [0.1, 0.15) is 25.5 Å². The molecule has 0 spiro atoms. The molecule has 0 bridgehead atoms. The van der Waals surface area contributed by atoms with Crippen molar-refractivity contribution in [3.8, 4) is 5.88 Å². The zero-order chi connectivity index (χ0) is 13.4. The predicted octanol–water partition coefficient (Wildman–Crippen LogP) is 2.31. The van der Waals surface area contributed by atoms with Gasteiger partial charge in [-0.05, 0) is 13.0 Å². The summed E-state index contributed by atoms with van der Waals surface area (Å²) in [5, 5.41) is 3.07. The van der Waals surface area contributed by atoms with Gasteiger partial charge < -0.3 is 10.1 Å². The molecule has 0 saturated heterocycles. The minimum Gasteiger partial charge on any atom is -0.477 e. The first-order chi connectivity index (χ1) is 8.51. The van der Waals surface area contributed by atoms with E-state index in [9.17, 15) is 13.2 Å². The molecule has 0 radical (unpaired) electrons. The topological polar surface area (TPSA) is 47.0 Å². The molecule has 0 aliphatic carbocycles. The molecule has 1 heterocycles. The van der Waals surface area contributed by atoms with Gasteiger partial charge in [0.2, 0.25) is 5.88 Å². The van der Waals surface area contributed by atoms with Gasteiger partial charge >= 0.3 is 6.18 Å². The third kappa shape index (κ3) is 6.39. The molecule has 1 aromatic rings. The first-order valence-electron chi connectivity index (χ1n) is 5.72. The Kier molecular flexibility index (Phi) is 5.84. The van der Waals surface area contributed by atoms with Gasteiger partial charge in [-0.3, -0.25) is 4.98 Å². The molecule has 0 fully saturated rings. The van der Waals surface area contributed by atoms with Gasteiger partial charge in [0, 0.05) is 19.2 Å². The van der Waals surface area contributed by atoms with Crippen LogP contribution in [0.2, 0.25) is 0 Å². The first kappa shape index (κ1) is 14.7. The highest BCUT2D eigenvalue weighted by Crippen LogP contribution is 2.21. The lowest BCUT2D eigenvalue weighted by Gasteiger charge is -2.08. The summed E-state index contributed by atoms with van der Waals surface area (Å²) in [6.07, 6.45) is -2.09. The van der Waals surface area contributed by atoms with Crippen molar-refractivity contribution in [1.29, 1.82) is 0 Å². The maximum Gasteiger partial charge on any atom is 0.389 e. The van der Waals surface area contributed by atoms with Crippen LogP contribution in [0, 0.1) is 0 Å². The van der Waals surface area contributed by atoms with Crippen molar-refractivity contribution in [3.63, 3.8) is 0 Å². The van der Waals surface area contributed by atoms with Gasteiger partial charge in [0.05, 0.1) is 18.5 Å². The summed E-state index contributed by atoms with van der Waals surface area (Å²) in [7, 11) is 0. The maximum absolute atomic E-state index is 11.9. The van der Waals surface area contributed by atoms with E-state index in [0.29, 0.717) is 12.2 Å². The lowest BCUT2D eigenvalue weighted by atomic mass is 10.3. The Hall–Kier alpha value is -1.37. The van der Waals surface area contributed by atoms with Crippen LogP contribution in [-0.2, 0) is 6.54 Å². The van der Waals surface area contributed by atoms with Gasteiger partial charge in [-0.25, -0.2) is 4.98 Å². The van der Waals surface area contributed by atoms with Crippen molar-refractivity contribution in [2.24, 2.45) is 0 Å². The van der Waals surface area contributed by atoms with Gasteiger partial charge in [0.15, 0.2) is 0 Å². The van der Waals surface area contributed by atoms with Crippen LogP contribution in [0.25, 0.3) is 0 Å². The lowest BCUT2D eigenvalue weighted by Crippen LogP contribution is -2.14. The summed E-state index contributed by atoms with van der Waals surface area (Å²) in [6, 6.07) is 0. The van der Waals surface area contributed by atoms with Crippen LogP contribution in [0.4, 0.5) is 13.2 Å². The monoisotopic (exact) mass is 263 g/mol. The van der Waals surface area contributed by atoms with Gasteiger partial charge in [0.25, 0.3) is 0 Å². The molecule has 0 atom stereocenters. The molecule has 0 aliphatic rings. The zero-order valence-electron chi connectivity index (χ0n) is 10.1. The van der Waals surface area contributed by atoms with E-state index in [4.69, 9.17) is 4.74 Å². The minimum atomic E-state index is -4.14. The standard InChI is InChI=1S/C11H16F3N3O/c1-2-15-6-9-7-16-8-10(17-9)18-5-3-4-11(12,13)14/h7-8,15H,2-6H2,1H3. The SMILES string of the molecule is CCNCc1cncc(OCCCC(F)(F)F)n1. The van der Waals surface area contributed by atoms with E-state index < -0.39 is 12.6 Å². The highest BCUT2D eigenvalue weighted by molar-refractivity contribution is 5.08. The van der Waals surface area contributed by atoms with Crippen molar-refractivity contribution in [1.82, 2.24) is 15.3 Å². The molecule has 18 heavy (non-hydrogen) atoms. The number of hydrogen-bond donors (Lipinski definition) is 1. The van der Waals surface area contributed by atoms with Gasteiger partial charge in [-0.1, -0.05) is 6.92 Å². The number of halogens is 3. The number of ether oxygens (including phenoxy) is 1. The quantitative estimate of drug-likeness (QED) is 0.767. The molecule has 102 valence electrons. The molecule has 1 rings (SSSR count). The predicted molar refractivity (Wildman–Crippen MR) is 60.2 cm³/mol. The fourth-order valence-electron chi connectivity index (χ4n) is 1.24. The van der Waals surface area contributed by atoms with Crippen LogP contribution >= 0.6 is 0 Å². The van der Waals surface area contributed by atoms with Crippen molar-refractivity contribution in [2.75, 3.05) is 13.2 Å². The van der Waals surface area contributed by atoms with Crippen molar-refractivity contribution in [2.45, 2.75) is 32.5 Å². The molecule has 7 heteroatoms. The summed E-state index contributed by atoms with van der Waals surface area (Å²) in [5.41, 5.74) is 0.699. The summed E-state index contributed by atoms with van der Waals surface area (Å²) in [4.78, 5) is 8.03. The Balaban J connectivity index is 2.33. The Morgan fingerprint density at radius 2 is 2.11 bits per heavy atom. The molecule has 0 aromatic carbocycles. The van der Waals surface area contributed by atoms with Gasteiger partial charge in [-0.2, -0.15) is 13.2 Å². The average Bonchev–Trinajstić information content (AvgIpc) is 2.31. The Morgan fingerprint density at radius 3 is 2.78 bits per heavy atom. The van der Waals surface area contributed by atoms with E-state index in [1.807, 2.05) is 6.92 Å². The molecule has 1 N–H and O–H groups in total. The molecular weight excluding hydrogens is 247 g/mol. The zero-order valence-corrected chi connectivity index (χ0v) is 10.1. The molecule has 0 unspecified atom stereocenters.